The number of piperazine rings is 1. The van der Waals surface area contributed by atoms with Gasteiger partial charge in [0.2, 0.25) is 10.0 Å². The van der Waals surface area contributed by atoms with Gasteiger partial charge in [-0.3, -0.25) is 9.63 Å². The molecule has 3 heterocycles. The van der Waals surface area contributed by atoms with E-state index >= 15 is 0 Å². The van der Waals surface area contributed by atoms with Gasteiger partial charge in [-0.1, -0.05) is 50.0 Å². The molecule has 0 aliphatic carbocycles. The Labute approximate surface area is 265 Å². The zero-order valence-electron chi connectivity index (χ0n) is 25.9. The smallest absolute Gasteiger partial charge is 0.282 e. The maximum Gasteiger partial charge on any atom is 0.282 e. The van der Waals surface area contributed by atoms with E-state index in [9.17, 15) is 26.0 Å². The first-order valence-electron chi connectivity index (χ1n) is 15.2. The van der Waals surface area contributed by atoms with E-state index in [1.54, 1.807) is 6.20 Å². The van der Waals surface area contributed by atoms with E-state index < -0.39 is 46.1 Å². The molecule has 15 heteroatoms. The molecule has 0 radical (unpaired) electrons. The molecule has 2 aliphatic heterocycles. The first-order chi connectivity index (χ1) is 21.3. The molecular weight excluding hydrogens is 638 g/mol. The van der Waals surface area contributed by atoms with Gasteiger partial charge in [0.05, 0.1) is 17.9 Å². The van der Waals surface area contributed by atoms with Crippen molar-refractivity contribution >= 4 is 45.1 Å². The zero-order chi connectivity index (χ0) is 32.4. The van der Waals surface area contributed by atoms with Gasteiger partial charge in [-0.25, -0.2) is 22.3 Å². The highest BCUT2D eigenvalue weighted by Gasteiger charge is 2.41. The van der Waals surface area contributed by atoms with E-state index in [4.69, 9.17) is 4.84 Å². The summed E-state index contributed by atoms with van der Waals surface area (Å²) in [5.41, 5.74) is 4.40. The van der Waals surface area contributed by atoms with Crippen LogP contribution >= 0.6 is 0 Å². The highest BCUT2D eigenvalue weighted by Crippen LogP contribution is 2.37. The maximum absolute atomic E-state index is 14.4. The Morgan fingerprint density at radius 1 is 1.04 bits per heavy atom. The highest BCUT2D eigenvalue weighted by molar-refractivity contribution is 7.90. The molecule has 1 atom stereocenters. The fourth-order valence-electron chi connectivity index (χ4n) is 5.85. The first kappa shape index (κ1) is 33.7. The number of nitrogens with zero attached hydrogens (tertiary/aromatic N) is 3. The molecule has 5 rings (SSSR count). The summed E-state index contributed by atoms with van der Waals surface area (Å²) < 4.78 is 72.7. The van der Waals surface area contributed by atoms with E-state index in [0.717, 1.165) is 5.56 Å². The van der Waals surface area contributed by atoms with Crippen LogP contribution in [-0.4, -0.2) is 87.9 Å². The number of aromatic nitrogens is 1. The van der Waals surface area contributed by atoms with Crippen LogP contribution in [0.2, 0.25) is 25.7 Å². The molecule has 0 spiro atoms. The Kier molecular flexibility index (Phi) is 10.2. The molecule has 2 aliphatic rings. The number of hydroxylamine groups is 1. The predicted octanol–water partition coefficient (Wildman–Crippen LogP) is 3.24. The standard InChI is InChI=1S/C30H42FN5O6S2Si/c1-45(2,3)18-17-43(38,39)36-21-27(26-19-25(31)9-10-28(26)36)24-11-14-34(15-12-24)44(40,41)35-16-13-32-20-29(35)30(37)33-42-22-23-7-5-4-6-8-23/h4-10,19,21,24,29,32H,11-18,20,22H2,1-3H3,(H,33,37)/t29-/m1/s1. The van der Waals surface area contributed by atoms with Gasteiger partial charge in [0.1, 0.15) is 11.9 Å². The fraction of sp³-hybridized carbons (Fsp3) is 0.500. The van der Waals surface area contributed by atoms with Gasteiger partial charge < -0.3 is 5.32 Å². The van der Waals surface area contributed by atoms with Crippen LogP contribution in [0.5, 0.6) is 0 Å². The van der Waals surface area contributed by atoms with Crippen LogP contribution in [-0.2, 0) is 36.5 Å². The summed E-state index contributed by atoms with van der Waals surface area (Å²) in [5.74, 6) is -1.17. The van der Waals surface area contributed by atoms with Gasteiger partial charge in [0.15, 0.2) is 0 Å². The lowest BCUT2D eigenvalue weighted by Crippen LogP contribution is -2.62. The van der Waals surface area contributed by atoms with Crippen molar-refractivity contribution in [2.75, 3.05) is 38.5 Å². The number of carbonyl (C=O) groups is 1. The molecule has 3 aromatic rings. The summed E-state index contributed by atoms with van der Waals surface area (Å²) in [5, 5.41) is 3.62. The lowest BCUT2D eigenvalue weighted by atomic mass is 9.90. The number of benzene rings is 2. The second kappa shape index (κ2) is 13.6. The topological polar surface area (TPSA) is 130 Å². The largest absolute Gasteiger partial charge is 0.313 e. The fourth-order valence-corrected chi connectivity index (χ4v) is 12.0. The number of fused-ring (bicyclic) bond motifs is 1. The molecule has 1 amide bonds. The minimum absolute atomic E-state index is 0.0107. The van der Waals surface area contributed by atoms with Crippen molar-refractivity contribution in [3.8, 4) is 0 Å². The molecule has 0 unspecified atom stereocenters. The number of piperidine rings is 1. The van der Waals surface area contributed by atoms with Crippen LogP contribution in [0.3, 0.4) is 0 Å². The summed E-state index contributed by atoms with van der Waals surface area (Å²) in [6.07, 6.45) is 2.45. The normalized spacial score (nSPS) is 19.6. The Morgan fingerprint density at radius 2 is 1.76 bits per heavy atom. The van der Waals surface area contributed by atoms with E-state index in [1.165, 1.54) is 30.8 Å². The molecule has 0 bridgehead atoms. The first-order valence-corrected chi connectivity index (χ1v) is 21.9. The average molecular weight is 680 g/mol. The predicted molar refractivity (Wildman–Crippen MR) is 174 cm³/mol. The molecule has 2 saturated heterocycles. The lowest BCUT2D eigenvalue weighted by molar-refractivity contribution is -0.139. The third-order valence-corrected chi connectivity index (χ3v) is 14.2. The lowest BCUT2D eigenvalue weighted by Gasteiger charge is -2.39. The van der Waals surface area contributed by atoms with E-state index in [-0.39, 0.29) is 44.5 Å². The van der Waals surface area contributed by atoms with Gasteiger partial charge in [-0.2, -0.15) is 17.0 Å². The van der Waals surface area contributed by atoms with Crippen molar-refractivity contribution in [1.82, 2.24) is 23.4 Å². The van der Waals surface area contributed by atoms with Gasteiger partial charge >= 0.3 is 0 Å². The average Bonchev–Trinajstić information content (AvgIpc) is 3.40. The van der Waals surface area contributed by atoms with Crippen LogP contribution in [0.1, 0.15) is 29.9 Å². The SMILES string of the molecule is C[Si](C)(C)CCS(=O)(=O)n1cc(C2CCN(S(=O)(=O)N3CCNC[C@@H]3C(=O)NOCc3ccccc3)CC2)c2cc(F)ccc21. The highest BCUT2D eigenvalue weighted by atomic mass is 32.2. The van der Waals surface area contributed by atoms with Crippen molar-refractivity contribution in [2.45, 2.75) is 57.1 Å². The number of hydrogen-bond donors (Lipinski definition) is 2. The summed E-state index contributed by atoms with van der Waals surface area (Å²) in [7, 11) is -9.30. The Bertz CT molecular complexity index is 1720. The minimum atomic E-state index is -4.00. The second-order valence-electron chi connectivity index (χ2n) is 12.9. The van der Waals surface area contributed by atoms with Crippen molar-refractivity contribution in [3.63, 3.8) is 0 Å². The van der Waals surface area contributed by atoms with Gasteiger partial charge in [-0.05, 0) is 54.1 Å². The summed E-state index contributed by atoms with van der Waals surface area (Å²) in [6, 6.07) is 13.0. The second-order valence-corrected chi connectivity index (χ2v) is 22.4. The number of carbonyl (C=O) groups excluding carboxylic acids is 1. The summed E-state index contributed by atoms with van der Waals surface area (Å²) >= 11 is 0. The molecule has 11 nitrogen and oxygen atoms in total. The molecule has 0 saturated carbocycles. The quantitative estimate of drug-likeness (QED) is 0.235. The summed E-state index contributed by atoms with van der Waals surface area (Å²) in [4.78, 5) is 18.4. The van der Waals surface area contributed by atoms with Crippen molar-refractivity contribution in [3.05, 3.63) is 71.7 Å². The number of rotatable bonds is 11. The third-order valence-electron chi connectivity index (χ3n) is 8.44. The number of amides is 1. The molecule has 45 heavy (non-hydrogen) atoms. The van der Waals surface area contributed by atoms with E-state index in [0.29, 0.717) is 41.9 Å². The molecule has 246 valence electrons. The maximum atomic E-state index is 14.4. The van der Waals surface area contributed by atoms with Crippen molar-refractivity contribution < 1.29 is 30.9 Å². The van der Waals surface area contributed by atoms with Crippen LogP contribution < -0.4 is 10.8 Å². The molecule has 2 aromatic carbocycles. The monoisotopic (exact) mass is 679 g/mol. The van der Waals surface area contributed by atoms with Gasteiger partial charge in [0, 0.05) is 52.4 Å². The van der Waals surface area contributed by atoms with Gasteiger partial charge in [-0.15, -0.1) is 0 Å². The zero-order valence-corrected chi connectivity index (χ0v) is 28.5. The van der Waals surface area contributed by atoms with Crippen LogP contribution in [0, 0.1) is 5.82 Å². The van der Waals surface area contributed by atoms with Crippen molar-refractivity contribution in [1.29, 1.82) is 0 Å². The molecule has 1 aromatic heterocycles. The minimum Gasteiger partial charge on any atom is -0.313 e. The summed E-state index contributed by atoms with van der Waals surface area (Å²) in [6.45, 7) is 7.54. The van der Waals surface area contributed by atoms with Gasteiger partial charge in [0.25, 0.3) is 16.1 Å². The third kappa shape index (κ3) is 7.84. The van der Waals surface area contributed by atoms with Crippen LogP contribution in [0.4, 0.5) is 4.39 Å². The van der Waals surface area contributed by atoms with Crippen molar-refractivity contribution in [2.24, 2.45) is 0 Å². The molecular formula is C30H42FN5O6S2Si. The molecule has 2 fully saturated rings. The Balaban J connectivity index is 1.29. The number of halogens is 1. The number of nitrogens with one attached hydrogen (secondary N) is 2. The van der Waals surface area contributed by atoms with Crippen LogP contribution in [0.25, 0.3) is 10.9 Å². The van der Waals surface area contributed by atoms with E-state index in [2.05, 4.69) is 30.4 Å². The number of hydrogen-bond acceptors (Lipinski definition) is 7. The van der Waals surface area contributed by atoms with Crippen LogP contribution in [0.15, 0.2) is 54.7 Å². The Morgan fingerprint density at radius 3 is 2.44 bits per heavy atom. The van der Waals surface area contributed by atoms with E-state index in [1.807, 2.05) is 30.3 Å². The Hall–Kier alpha value is -2.66. The molecule has 2 N–H and O–H groups in total.